The Balaban J connectivity index is 0. The van der Waals surface area contributed by atoms with E-state index in [9.17, 15) is 4.79 Å². The smallest absolute Gasteiger partial charge is 0.313 e. The Kier molecular flexibility index (Phi) is 12.9. The quantitative estimate of drug-likeness (QED) is 0.295. The first-order valence-corrected chi connectivity index (χ1v) is 3.03. The van der Waals surface area contributed by atoms with Crippen LogP contribution in [0, 0.1) is 5.41 Å². The molecule has 5 heteroatoms. The van der Waals surface area contributed by atoms with E-state index in [1.165, 1.54) is 0 Å². The summed E-state index contributed by atoms with van der Waals surface area (Å²) in [4.78, 5) is 17.7. The Morgan fingerprint density at radius 2 is 2.00 bits per heavy atom. The van der Waals surface area contributed by atoms with Crippen molar-refractivity contribution in [3.63, 3.8) is 0 Å². The van der Waals surface area contributed by atoms with Crippen molar-refractivity contribution in [2.75, 3.05) is 4.43 Å². The molecule has 0 rings (SSSR count). The summed E-state index contributed by atoms with van der Waals surface area (Å²) >= 11 is 1.78. The molecule has 0 fully saturated rings. The first-order chi connectivity index (χ1) is 3.68. The fourth-order valence-corrected chi connectivity index (χ4v) is 0. The highest BCUT2D eigenvalue weighted by molar-refractivity contribution is 14.1. The zero-order valence-corrected chi connectivity index (χ0v) is 6.01. The van der Waals surface area contributed by atoms with Gasteiger partial charge in [-0.05, 0) is 0 Å². The number of carbonyl (C=O) groups excluding carboxylic acids is 1. The van der Waals surface area contributed by atoms with E-state index in [1.807, 2.05) is 0 Å². The van der Waals surface area contributed by atoms with Crippen LogP contribution in [0.4, 0.5) is 0 Å². The van der Waals surface area contributed by atoms with Crippen LogP contribution >= 0.6 is 22.6 Å². The van der Waals surface area contributed by atoms with Gasteiger partial charge >= 0.3 is 5.97 Å². The average Bonchev–Trinajstić information content (AvgIpc) is 1.69. The van der Waals surface area contributed by atoms with Crippen molar-refractivity contribution in [2.45, 2.75) is 0 Å². The topological polar surface area (TPSA) is 78.2 Å². The van der Waals surface area contributed by atoms with Gasteiger partial charge in [0.1, 0.15) is 0 Å². The molecule has 0 aliphatic heterocycles. The molecule has 0 saturated carbocycles. The third-order valence-corrected chi connectivity index (χ3v) is 0.767. The molecule has 0 spiro atoms. The molecule has 46 valence electrons. The van der Waals surface area contributed by atoms with Gasteiger partial charge in [0.25, 0.3) is 0 Å². The minimum atomic E-state index is -0.759. The predicted molar refractivity (Wildman–Crippen MR) is 34.9 cm³/mol. The van der Waals surface area contributed by atoms with E-state index >= 15 is 0 Å². The van der Waals surface area contributed by atoms with Gasteiger partial charge in [0.05, 0.1) is 4.43 Å². The van der Waals surface area contributed by atoms with Crippen molar-refractivity contribution in [3.05, 3.63) is 0 Å². The molecule has 0 saturated heterocycles. The number of isocyanates is 1. The molecule has 0 bridgehead atoms. The van der Waals surface area contributed by atoms with Crippen LogP contribution in [0.15, 0.2) is 0 Å². The standard InChI is InChI=1S/C2H3IO2.CHNO/c3-1-2(4)5;2-1-3/h1H2,(H,4,5);2H. The normalized spacial score (nSPS) is 5.62. The van der Waals surface area contributed by atoms with Crippen LogP contribution in [0.2, 0.25) is 0 Å². The van der Waals surface area contributed by atoms with Crippen molar-refractivity contribution in [1.29, 1.82) is 5.41 Å². The molecule has 0 aromatic heterocycles. The second kappa shape index (κ2) is 9.77. The van der Waals surface area contributed by atoms with E-state index in [1.54, 1.807) is 22.6 Å². The number of carboxylic acids is 1. The molecule has 0 aromatic carbocycles. The monoisotopic (exact) mass is 229 g/mol. The summed E-state index contributed by atoms with van der Waals surface area (Å²) in [5, 5.41) is 13.1. The van der Waals surface area contributed by atoms with Gasteiger partial charge in [-0.3, -0.25) is 4.79 Å². The van der Waals surface area contributed by atoms with Crippen LogP contribution in [-0.2, 0) is 9.59 Å². The molecular weight excluding hydrogens is 225 g/mol. The average molecular weight is 229 g/mol. The molecule has 0 radical (unpaired) electrons. The number of carbonyl (C=O) groups is 1. The van der Waals surface area contributed by atoms with Crippen molar-refractivity contribution < 1.29 is 14.7 Å². The molecule has 0 unspecified atom stereocenters. The SMILES string of the molecule is N=C=O.O=C(O)CI. The Hall–Kier alpha value is -0.420. The Labute approximate surface area is 59.5 Å². The molecule has 0 atom stereocenters. The third kappa shape index (κ3) is 46.9. The van der Waals surface area contributed by atoms with E-state index in [4.69, 9.17) is 15.3 Å². The molecule has 0 heterocycles. The van der Waals surface area contributed by atoms with E-state index in [-0.39, 0.29) is 4.43 Å². The maximum Gasteiger partial charge on any atom is 0.313 e. The largest absolute Gasteiger partial charge is 0.481 e. The van der Waals surface area contributed by atoms with Crippen LogP contribution in [0.3, 0.4) is 0 Å². The third-order valence-electron chi connectivity index (χ3n) is 0.114. The number of rotatable bonds is 1. The minimum absolute atomic E-state index is 0.192. The molecule has 0 aliphatic rings. The summed E-state index contributed by atoms with van der Waals surface area (Å²) in [6.45, 7) is 0. The molecular formula is C3H4INO3. The lowest BCUT2D eigenvalue weighted by Crippen LogP contribution is -1.91. The van der Waals surface area contributed by atoms with E-state index in [2.05, 4.69) is 0 Å². The van der Waals surface area contributed by atoms with Gasteiger partial charge in [-0.1, -0.05) is 22.6 Å². The van der Waals surface area contributed by atoms with Crippen LogP contribution in [0.25, 0.3) is 0 Å². The van der Waals surface area contributed by atoms with Gasteiger partial charge in [-0.25, -0.2) is 10.2 Å². The summed E-state index contributed by atoms with van der Waals surface area (Å²) in [6, 6.07) is 0. The number of halogens is 1. The molecule has 2 N–H and O–H groups in total. The predicted octanol–water partition coefficient (Wildman–Crippen LogP) is 0.407. The summed E-state index contributed by atoms with van der Waals surface area (Å²) in [5.41, 5.74) is 0. The van der Waals surface area contributed by atoms with Gasteiger partial charge in [0, 0.05) is 0 Å². The lowest BCUT2D eigenvalue weighted by Gasteiger charge is -1.70. The van der Waals surface area contributed by atoms with Crippen molar-refractivity contribution >= 4 is 34.6 Å². The maximum atomic E-state index is 9.36. The molecule has 0 amide bonds. The second-order valence-electron chi connectivity index (χ2n) is 0.629. The summed E-state index contributed by atoms with van der Waals surface area (Å²) in [6.07, 6.45) is 0.750. The first-order valence-electron chi connectivity index (χ1n) is 1.50. The van der Waals surface area contributed by atoms with Gasteiger partial charge in [0.15, 0.2) is 0 Å². The fourth-order valence-electron chi connectivity index (χ4n) is 0. The van der Waals surface area contributed by atoms with Gasteiger partial charge in [-0.15, -0.1) is 0 Å². The second-order valence-corrected chi connectivity index (χ2v) is 1.39. The molecule has 4 nitrogen and oxygen atoms in total. The molecule has 8 heavy (non-hydrogen) atoms. The van der Waals surface area contributed by atoms with Gasteiger partial charge in [-0.2, -0.15) is 0 Å². The number of alkyl halides is 1. The van der Waals surface area contributed by atoms with Crippen molar-refractivity contribution in [3.8, 4) is 0 Å². The number of nitrogens with one attached hydrogen (secondary N) is 1. The Morgan fingerprint density at radius 1 is 1.88 bits per heavy atom. The van der Waals surface area contributed by atoms with Crippen LogP contribution < -0.4 is 0 Å². The fraction of sp³-hybridized carbons (Fsp3) is 0.333. The summed E-state index contributed by atoms with van der Waals surface area (Å²) in [7, 11) is 0. The van der Waals surface area contributed by atoms with E-state index in [0.717, 1.165) is 6.08 Å². The van der Waals surface area contributed by atoms with Crippen LogP contribution in [-0.4, -0.2) is 21.6 Å². The Morgan fingerprint density at radius 3 is 2.00 bits per heavy atom. The lowest BCUT2D eigenvalue weighted by atomic mass is 10.9. The van der Waals surface area contributed by atoms with E-state index in [0.29, 0.717) is 0 Å². The number of hydrogen-bond donors (Lipinski definition) is 2. The summed E-state index contributed by atoms with van der Waals surface area (Å²) < 4.78 is 0.192. The number of hydrogen-bond acceptors (Lipinski definition) is 3. The number of carboxylic acid groups (broad SMARTS) is 1. The minimum Gasteiger partial charge on any atom is -0.481 e. The highest BCUT2D eigenvalue weighted by Gasteiger charge is 1.82. The highest BCUT2D eigenvalue weighted by atomic mass is 127. The maximum absolute atomic E-state index is 9.36. The number of aliphatic carboxylic acids is 1. The van der Waals surface area contributed by atoms with Crippen molar-refractivity contribution in [1.82, 2.24) is 0 Å². The zero-order chi connectivity index (χ0) is 6.99. The zero-order valence-electron chi connectivity index (χ0n) is 3.85. The highest BCUT2D eigenvalue weighted by Crippen LogP contribution is 1.75. The Bertz CT molecular complexity index is 96.7. The van der Waals surface area contributed by atoms with E-state index < -0.39 is 5.97 Å². The van der Waals surface area contributed by atoms with Gasteiger partial charge in [0.2, 0.25) is 6.08 Å². The molecule has 0 aliphatic carbocycles. The first kappa shape index (κ1) is 10.5. The molecule has 0 aromatic rings. The van der Waals surface area contributed by atoms with Crippen molar-refractivity contribution in [2.24, 2.45) is 0 Å². The lowest BCUT2D eigenvalue weighted by molar-refractivity contribution is -0.133. The van der Waals surface area contributed by atoms with Gasteiger partial charge < -0.3 is 5.11 Å². The van der Waals surface area contributed by atoms with Crippen LogP contribution in [0.1, 0.15) is 0 Å². The van der Waals surface area contributed by atoms with Crippen LogP contribution in [0.5, 0.6) is 0 Å². The summed E-state index contributed by atoms with van der Waals surface area (Å²) in [5.74, 6) is -0.759.